The van der Waals surface area contributed by atoms with E-state index >= 15 is 0 Å². The zero-order chi connectivity index (χ0) is 12.8. The van der Waals surface area contributed by atoms with Gasteiger partial charge in [-0.05, 0) is 49.7 Å². The molecule has 0 N–H and O–H groups in total. The maximum absolute atomic E-state index is 12.3. The summed E-state index contributed by atoms with van der Waals surface area (Å²) >= 11 is 0. The molecular formula is C15H25ClOS. The van der Waals surface area contributed by atoms with Crippen molar-refractivity contribution < 1.29 is 4.79 Å². The minimum absolute atomic E-state index is 0.238. The van der Waals surface area contributed by atoms with Crippen LogP contribution < -0.4 is 0 Å². The molecule has 0 aromatic rings. The quantitative estimate of drug-likeness (QED) is 0.738. The Morgan fingerprint density at radius 3 is 2.61 bits per heavy atom. The molecule has 3 aliphatic rings. The van der Waals surface area contributed by atoms with Crippen LogP contribution >= 0.6 is 19.9 Å². The lowest BCUT2D eigenvalue weighted by Gasteiger charge is -2.48. The lowest BCUT2D eigenvalue weighted by molar-refractivity contribution is -0.119. The number of hydrogen-bond acceptors (Lipinski definition) is 1. The van der Waals surface area contributed by atoms with Gasteiger partial charge in [0.15, 0.2) is 0 Å². The maximum Gasteiger partial charge on any atom is 0.145 e. The Morgan fingerprint density at radius 2 is 2.06 bits per heavy atom. The fourth-order valence-corrected chi connectivity index (χ4v) is 9.72. The van der Waals surface area contributed by atoms with Gasteiger partial charge in [0.2, 0.25) is 0 Å². The van der Waals surface area contributed by atoms with E-state index in [9.17, 15) is 4.79 Å². The summed E-state index contributed by atoms with van der Waals surface area (Å²) in [4.78, 5) is 12.3. The van der Waals surface area contributed by atoms with E-state index in [1.54, 1.807) is 0 Å². The van der Waals surface area contributed by atoms with Gasteiger partial charge in [0, 0.05) is 11.7 Å². The van der Waals surface area contributed by atoms with E-state index in [2.05, 4.69) is 6.92 Å². The molecule has 3 aliphatic carbocycles. The van der Waals surface area contributed by atoms with Crippen LogP contribution in [0.2, 0.25) is 0 Å². The second kappa shape index (κ2) is 5.01. The minimum Gasteiger partial charge on any atom is -0.298 e. The van der Waals surface area contributed by atoms with Gasteiger partial charge in [-0.2, -0.15) is 9.24 Å². The molecule has 0 aromatic heterocycles. The van der Waals surface area contributed by atoms with E-state index in [0.29, 0.717) is 11.0 Å². The van der Waals surface area contributed by atoms with E-state index in [1.165, 1.54) is 32.1 Å². The molecular weight excluding hydrogens is 264 g/mol. The van der Waals surface area contributed by atoms with Crippen LogP contribution in [0.3, 0.4) is 0 Å². The van der Waals surface area contributed by atoms with Gasteiger partial charge in [0.05, 0.1) is 5.25 Å². The van der Waals surface area contributed by atoms with Crippen LogP contribution in [0.4, 0.5) is 0 Å². The maximum atomic E-state index is 12.3. The first kappa shape index (κ1) is 13.3. The average molecular weight is 289 g/mol. The largest absolute Gasteiger partial charge is 0.298 e. The molecule has 0 heterocycles. The smallest absolute Gasteiger partial charge is 0.145 e. The highest BCUT2D eigenvalue weighted by atomic mass is 35.7. The van der Waals surface area contributed by atoms with Crippen molar-refractivity contribution in [3.63, 3.8) is 0 Å². The third-order valence-corrected chi connectivity index (χ3v) is 11.5. The van der Waals surface area contributed by atoms with Crippen molar-refractivity contribution in [2.45, 2.75) is 68.8 Å². The standard InChI is InChI=1S/C15H25ClOS/c1-2-18(16,14-6-4-3-5-13(14)17)15-10-11-7-8-12(15)9-11/h11-12,14-15H,2-10H2,1H3. The Labute approximate surface area is 117 Å². The first-order valence-electron chi connectivity index (χ1n) is 7.66. The fraction of sp³-hybridized carbons (Fsp3) is 0.933. The van der Waals surface area contributed by atoms with E-state index in [0.717, 1.165) is 36.9 Å². The number of carbonyl (C=O) groups excluding carboxylic acids is 1. The number of ketones is 1. The Bertz CT molecular complexity index is 345. The summed E-state index contributed by atoms with van der Waals surface area (Å²) < 4.78 is 0. The minimum atomic E-state index is -1.21. The SMILES string of the molecule is CCS(Cl)(C1CCCCC1=O)C1CC2CCC1C2. The number of hydrogen-bond donors (Lipinski definition) is 0. The molecule has 18 heavy (non-hydrogen) atoms. The van der Waals surface area contributed by atoms with E-state index < -0.39 is 9.24 Å². The predicted octanol–water partition coefficient (Wildman–Crippen LogP) is 4.67. The zero-order valence-electron chi connectivity index (χ0n) is 11.4. The van der Waals surface area contributed by atoms with Crippen LogP contribution in [0.1, 0.15) is 58.3 Å². The third-order valence-electron chi connectivity index (χ3n) is 5.59. The van der Waals surface area contributed by atoms with Crippen molar-refractivity contribution in [1.29, 1.82) is 0 Å². The number of Topliss-reactive ketones (excluding diaryl/α,β-unsaturated/α-hetero) is 1. The van der Waals surface area contributed by atoms with Gasteiger partial charge in [0.1, 0.15) is 5.78 Å². The van der Waals surface area contributed by atoms with Crippen LogP contribution in [0.25, 0.3) is 0 Å². The van der Waals surface area contributed by atoms with Crippen LogP contribution in [-0.4, -0.2) is 22.0 Å². The highest BCUT2D eigenvalue weighted by molar-refractivity contribution is 8.52. The predicted molar refractivity (Wildman–Crippen MR) is 80.5 cm³/mol. The molecule has 0 radical (unpaired) electrons. The molecule has 3 heteroatoms. The first-order chi connectivity index (χ1) is 8.65. The Hall–Kier alpha value is 0.310. The van der Waals surface area contributed by atoms with Crippen molar-refractivity contribution in [2.75, 3.05) is 5.75 Å². The lowest BCUT2D eigenvalue weighted by atomic mass is 9.99. The first-order valence-corrected chi connectivity index (χ1v) is 10.4. The van der Waals surface area contributed by atoms with Crippen LogP contribution in [0.5, 0.6) is 0 Å². The Balaban J connectivity index is 1.82. The van der Waals surface area contributed by atoms with Crippen LogP contribution in [0.15, 0.2) is 0 Å². The van der Waals surface area contributed by atoms with Crippen LogP contribution in [0, 0.1) is 11.8 Å². The second-order valence-electron chi connectivity index (χ2n) is 6.46. The van der Waals surface area contributed by atoms with Gasteiger partial charge < -0.3 is 0 Å². The summed E-state index contributed by atoms with van der Waals surface area (Å²) in [5.41, 5.74) is 0. The van der Waals surface area contributed by atoms with Crippen LogP contribution in [-0.2, 0) is 4.79 Å². The van der Waals surface area contributed by atoms with Gasteiger partial charge in [-0.25, -0.2) is 0 Å². The molecule has 0 aliphatic heterocycles. The van der Waals surface area contributed by atoms with Gasteiger partial charge >= 0.3 is 0 Å². The summed E-state index contributed by atoms with van der Waals surface area (Å²) in [7, 11) is 5.95. The molecule has 3 saturated carbocycles. The van der Waals surface area contributed by atoms with E-state index in [4.69, 9.17) is 10.7 Å². The van der Waals surface area contributed by atoms with Gasteiger partial charge in [-0.15, -0.1) is 0 Å². The number of halogens is 1. The summed E-state index contributed by atoms with van der Waals surface area (Å²) in [6.07, 6.45) is 9.76. The molecule has 1 nitrogen and oxygen atoms in total. The summed E-state index contributed by atoms with van der Waals surface area (Å²) in [5.74, 6) is 3.35. The highest BCUT2D eigenvalue weighted by Gasteiger charge is 2.51. The topological polar surface area (TPSA) is 17.1 Å². The average Bonchev–Trinajstić information content (AvgIpc) is 3.01. The molecule has 0 amide bonds. The summed E-state index contributed by atoms with van der Waals surface area (Å²) in [6.45, 7) is 2.23. The van der Waals surface area contributed by atoms with Crippen molar-refractivity contribution >= 4 is 25.7 Å². The van der Waals surface area contributed by atoms with E-state index in [1.807, 2.05) is 0 Å². The lowest BCUT2D eigenvalue weighted by Crippen LogP contribution is -2.37. The van der Waals surface area contributed by atoms with Gasteiger partial charge in [-0.3, -0.25) is 4.79 Å². The molecule has 0 aromatic carbocycles. The second-order valence-corrected chi connectivity index (χ2v) is 11.4. The molecule has 5 atom stereocenters. The molecule has 3 fully saturated rings. The summed E-state index contributed by atoms with van der Waals surface area (Å²) in [6, 6.07) is 0. The third kappa shape index (κ3) is 2.04. The van der Waals surface area contributed by atoms with Crippen molar-refractivity contribution in [3.8, 4) is 0 Å². The number of rotatable bonds is 3. The van der Waals surface area contributed by atoms with Crippen molar-refractivity contribution in [3.05, 3.63) is 0 Å². The number of carbonyl (C=O) groups is 1. The molecule has 0 spiro atoms. The molecule has 3 rings (SSSR count). The van der Waals surface area contributed by atoms with E-state index in [-0.39, 0.29) is 5.25 Å². The van der Waals surface area contributed by atoms with Gasteiger partial charge in [0.25, 0.3) is 0 Å². The highest BCUT2D eigenvalue weighted by Crippen LogP contribution is 2.70. The molecule has 104 valence electrons. The van der Waals surface area contributed by atoms with Crippen molar-refractivity contribution in [1.82, 2.24) is 0 Å². The van der Waals surface area contributed by atoms with Gasteiger partial charge in [-0.1, -0.05) is 30.4 Å². The number of fused-ring (bicyclic) bond motifs is 2. The normalized spacial score (nSPS) is 44.9. The molecule has 2 bridgehead atoms. The molecule has 5 unspecified atom stereocenters. The Morgan fingerprint density at radius 1 is 1.22 bits per heavy atom. The fourth-order valence-electron chi connectivity index (χ4n) is 4.66. The Kier molecular flexibility index (Phi) is 3.70. The van der Waals surface area contributed by atoms with Crippen molar-refractivity contribution in [2.24, 2.45) is 11.8 Å². The summed E-state index contributed by atoms with van der Waals surface area (Å²) in [5, 5.41) is 0.942. The zero-order valence-corrected chi connectivity index (χ0v) is 12.9. The monoisotopic (exact) mass is 288 g/mol. The molecule has 0 saturated heterocycles.